The highest BCUT2D eigenvalue weighted by molar-refractivity contribution is 5.93. The number of hydrogen-bond donors (Lipinski definition) is 2. The molecule has 9 nitrogen and oxygen atoms in total. The number of nitro groups is 1. The maximum Gasteiger partial charge on any atom is 0.342 e. The van der Waals surface area contributed by atoms with E-state index in [9.17, 15) is 19.7 Å². The van der Waals surface area contributed by atoms with Crippen molar-refractivity contribution in [3.63, 3.8) is 0 Å². The fraction of sp³-hybridized carbons (Fsp3) is 0. The minimum Gasteiger partial charge on any atom is -0.477 e. The van der Waals surface area contributed by atoms with E-state index in [-0.39, 0.29) is 11.6 Å². The van der Waals surface area contributed by atoms with Crippen LogP contribution in [0, 0.1) is 10.1 Å². The quantitative estimate of drug-likeness (QED) is 0.554. The van der Waals surface area contributed by atoms with E-state index in [1.807, 2.05) is 0 Å². The van der Waals surface area contributed by atoms with Crippen LogP contribution in [0.2, 0.25) is 0 Å². The Hall–Kier alpha value is -3.75. The lowest BCUT2D eigenvalue weighted by atomic mass is 10.1. The molecular weight excluding hydrogens is 318 g/mol. The van der Waals surface area contributed by atoms with Gasteiger partial charge in [-0.05, 0) is 18.2 Å². The summed E-state index contributed by atoms with van der Waals surface area (Å²) in [6.45, 7) is 0. The third-order valence-electron chi connectivity index (χ3n) is 3.27. The molecule has 0 saturated heterocycles. The highest BCUT2D eigenvalue weighted by Crippen LogP contribution is 2.29. The van der Waals surface area contributed by atoms with E-state index in [1.165, 1.54) is 6.07 Å². The Morgan fingerprint density at radius 3 is 2.58 bits per heavy atom. The Morgan fingerprint density at radius 2 is 1.92 bits per heavy atom. The van der Waals surface area contributed by atoms with E-state index >= 15 is 0 Å². The molecule has 120 valence electrons. The molecule has 0 aliphatic carbocycles. The number of hydrogen-bond acceptors (Lipinski definition) is 6. The zero-order valence-electron chi connectivity index (χ0n) is 11.9. The highest BCUT2D eigenvalue weighted by Gasteiger charge is 2.21. The fourth-order valence-corrected chi connectivity index (χ4v) is 2.19. The predicted octanol–water partition coefficient (Wildman–Crippen LogP) is 2.32. The largest absolute Gasteiger partial charge is 0.477 e. The van der Waals surface area contributed by atoms with Gasteiger partial charge in [-0.3, -0.25) is 14.9 Å². The van der Waals surface area contributed by atoms with Gasteiger partial charge in [0.15, 0.2) is 0 Å². The predicted molar refractivity (Wildman–Crippen MR) is 82.5 cm³/mol. The average molecular weight is 327 g/mol. The van der Waals surface area contributed by atoms with Gasteiger partial charge in [0.05, 0.1) is 15.7 Å². The van der Waals surface area contributed by atoms with Crippen molar-refractivity contribution in [2.45, 2.75) is 0 Å². The standard InChI is InChI=1S/C15H9N3O6/c19-13-9-3-1-2-4-10(9)14(17-16-13)24-8-5-6-12(18(22)23)11(7-8)15(20)21/h1-7H,(H,16,19)(H,20,21). The molecule has 2 N–H and O–H groups in total. The second-order valence-corrected chi connectivity index (χ2v) is 4.75. The first-order valence-corrected chi connectivity index (χ1v) is 6.64. The Bertz CT molecular complexity index is 1030. The van der Waals surface area contributed by atoms with Gasteiger partial charge in [-0.25, -0.2) is 9.89 Å². The van der Waals surface area contributed by atoms with Gasteiger partial charge in [0.2, 0.25) is 5.88 Å². The second kappa shape index (κ2) is 5.80. The van der Waals surface area contributed by atoms with E-state index in [4.69, 9.17) is 9.84 Å². The van der Waals surface area contributed by atoms with Crippen molar-refractivity contribution in [2.75, 3.05) is 0 Å². The van der Waals surface area contributed by atoms with E-state index in [0.717, 1.165) is 12.1 Å². The number of ether oxygens (including phenoxy) is 1. The number of aromatic carboxylic acids is 1. The summed E-state index contributed by atoms with van der Waals surface area (Å²) >= 11 is 0. The number of rotatable bonds is 4. The molecule has 24 heavy (non-hydrogen) atoms. The van der Waals surface area contributed by atoms with Crippen LogP contribution in [-0.4, -0.2) is 26.2 Å². The lowest BCUT2D eigenvalue weighted by Gasteiger charge is -2.08. The zero-order chi connectivity index (χ0) is 17.3. The van der Waals surface area contributed by atoms with Crippen molar-refractivity contribution >= 4 is 22.4 Å². The Balaban J connectivity index is 2.08. The summed E-state index contributed by atoms with van der Waals surface area (Å²) in [6, 6.07) is 9.89. The summed E-state index contributed by atoms with van der Waals surface area (Å²) in [5.74, 6) is -1.36. The number of benzene rings is 2. The van der Waals surface area contributed by atoms with E-state index in [0.29, 0.717) is 10.8 Å². The van der Waals surface area contributed by atoms with E-state index < -0.39 is 27.7 Å². The number of aromatic amines is 1. The molecule has 3 aromatic rings. The Labute approximate surface area is 133 Å². The number of aromatic nitrogens is 2. The monoisotopic (exact) mass is 327 g/mol. The van der Waals surface area contributed by atoms with Crippen LogP contribution < -0.4 is 10.3 Å². The second-order valence-electron chi connectivity index (χ2n) is 4.75. The van der Waals surface area contributed by atoms with Gasteiger partial charge in [0.1, 0.15) is 11.3 Å². The zero-order valence-corrected chi connectivity index (χ0v) is 11.9. The minimum atomic E-state index is -1.45. The third-order valence-corrected chi connectivity index (χ3v) is 3.27. The molecule has 0 radical (unpaired) electrons. The maximum absolute atomic E-state index is 11.7. The first kappa shape index (κ1) is 15.2. The van der Waals surface area contributed by atoms with Crippen LogP contribution in [0.3, 0.4) is 0 Å². The van der Waals surface area contributed by atoms with Crippen LogP contribution >= 0.6 is 0 Å². The molecule has 1 aromatic heterocycles. The van der Waals surface area contributed by atoms with Crippen molar-refractivity contribution in [3.05, 3.63) is 68.5 Å². The molecule has 0 fully saturated rings. The average Bonchev–Trinajstić information content (AvgIpc) is 2.57. The van der Waals surface area contributed by atoms with E-state index in [1.54, 1.807) is 24.3 Å². The Morgan fingerprint density at radius 1 is 1.21 bits per heavy atom. The molecule has 0 aliphatic heterocycles. The van der Waals surface area contributed by atoms with Crippen molar-refractivity contribution in [1.29, 1.82) is 0 Å². The topological polar surface area (TPSA) is 135 Å². The third kappa shape index (κ3) is 2.65. The van der Waals surface area contributed by atoms with Crippen molar-refractivity contribution in [3.8, 4) is 11.6 Å². The van der Waals surface area contributed by atoms with Gasteiger partial charge in [0.25, 0.3) is 11.2 Å². The van der Waals surface area contributed by atoms with Crippen LogP contribution in [0.1, 0.15) is 10.4 Å². The van der Waals surface area contributed by atoms with Crippen LogP contribution in [-0.2, 0) is 0 Å². The van der Waals surface area contributed by atoms with Gasteiger partial charge >= 0.3 is 5.97 Å². The number of carboxylic acid groups (broad SMARTS) is 1. The lowest BCUT2D eigenvalue weighted by molar-refractivity contribution is -0.385. The van der Waals surface area contributed by atoms with Gasteiger partial charge in [-0.15, -0.1) is 5.10 Å². The molecule has 2 aromatic carbocycles. The summed E-state index contributed by atoms with van der Waals surface area (Å²) in [6.07, 6.45) is 0. The summed E-state index contributed by atoms with van der Waals surface area (Å²) in [4.78, 5) is 33.0. The number of carboxylic acids is 1. The minimum absolute atomic E-state index is 0.0442. The molecule has 0 atom stereocenters. The summed E-state index contributed by atoms with van der Waals surface area (Å²) < 4.78 is 5.51. The van der Waals surface area contributed by atoms with Crippen molar-refractivity contribution < 1.29 is 19.6 Å². The molecule has 9 heteroatoms. The summed E-state index contributed by atoms with van der Waals surface area (Å²) in [7, 11) is 0. The number of nitro benzene ring substituents is 1. The lowest BCUT2D eigenvalue weighted by Crippen LogP contribution is -2.09. The van der Waals surface area contributed by atoms with E-state index in [2.05, 4.69) is 10.2 Å². The van der Waals surface area contributed by atoms with Crippen molar-refractivity contribution in [1.82, 2.24) is 10.2 Å². The summed E-state index contributed by atoms with van der Waals surface area (Å²) in [5.41, 5.74) is -1.45. The molecule has 0 aliphatic rings. The van der Waals surface area contributed by atoms with Crippen LogP contribution in [0.5, 0.6) is 11.6 Å². The molecule has 3 rings (SSSR count). The number of fused-ring (bicyclic) bond motifs is 1. The van der Waals surface area contributed by atoms with Crippen LogP contribution in [0.4, 0.5) is 5.69 Å². The molecule has 0 saturated carbocycles. The van der Waals surface area contributed by atoms with Gasteiger partial charge in [-0.1, -0.05) is 12.1 Å². The van der Waals surface area contributed by atoms with Crippen LogP contribution in [0.15, 0.2) is 47.3 Å². The number of H-pyrrole nitrogens is 1. The van der Waals surface area contributed by atoms with Gasteiger partial charge in [0, 0.05) is 12.1 Å². The number of carbonyl (C=O) groups is 1. The molecule has 1 heterocycles. The highest BCUT2D eigenvalue weighted by atomic mass is 16.6. The maximum atomic E-state index is 11.7. The molecule has 0 bridgehead atoms. The normalized spacial score (nSPS) is 10.5. The first-order chi connectivity index (χ1) is 11.5. The number of nitrogens with zero attached hydrogens (tertiary/aromatic N) is 2. The Kier molecular flexibility index (Phi) is 3.66. The smallest absolute Gasteiger partial charge is 0.342 e. The number of nitrogens with one attached hydrogen (secondary N) is 1. The SMILES string of the molecule is O=C(O)c1cc(Oc2n[nH]c(=O)c3ccccc23)ccc1[N+](=O)[O-]. The molecular formula is C15H9N3O6. The fourth-order valence-electron chi connectivity index (χ4n) is 2.19. The molecule has 0 amide bonds. The summed E-state index contributed by atoms with van der Waals surface area (Å²) in [5, 5.41) is 26.8. The molecule has 0 spiro atoms. The van der Waals surface area contributed by atoms with Crippen molar-refractivity contribution in [2.24, 2.45) is 0 Å². The van der Waals surface area contributed by atoms with Gasteiger partial charge in [-0.2, -0.15) is 0 Å². The van der Waals surface area contributed by atoms with Gasteiger partial charge < -0.3 is 9.84 Å². The molecule has 0 unspecified atom stereocenters. The first-order valence-electron chi connectivity index (χ1n) is 6.64. The van der Waals surface area contributed by atoms with Crippen LogP contribution in [0.25, 0.3) is 10.8 Å².